The highest BCUT2D eigenvalue weighted by molar-refractivity contribution is 5.60. The molecule has 1 heterocycles. The quantitative estimate of drug-likeness (QED) is 0.898. The van der Waals surface area contributed by atoms with Gasteiger partial charge in [0.15, 0.2) is 0 Å². The van der Waals surface area contributed by atoms with Crippen LogP contribution in [0.25, 0.3) is 0 Å². The van der Waals surface area contributed by atoms with Gasteiger partial charge in [-0.1, -0.05) is 6.07 Å². The number of furan rings is 1. The first kappa shape index (κ1) is 13.5. The van der Waals surface area contributed by atoms with Crippen molar-refractivity contribution in [2.45, 2.75) is 19.6 Å². The van der Waals surface area contributed by atoms with Crippen LogP contribution in [0.1, 0.15) is 24.4 Å². The molecule has 0 radical (unpaired) electrons. The van der Waals surface area contributed by atoms with Crippen LogP contribution >= 0.6 is 0 Å². The molecule has 1 aromatic carbocycles. The van der Waals surface area contributed by atoms with Gasteiger partial charge in [0.25, 0.3) is 0 Å². The Kier molecular flexibility index (Phi) is 4.12. The molecule has 1 unspecified atom stereocenters. The van der Waals surface area contributed by atoms with E-state index < -0.39 is 6.10 Å². The molecular formula is C15H19NO3. The molecule has 0 saturated carbocycles. The van der Waals surface area contributed by atoms with Gasteiger partial charge in [0.2, 0.25) is 0 Å². The van der Waals surface area contributed by atoms with E-state index >= 15 is 0 Å². The van der Waals surface area contributed by atoms with Gasteiger partial charge in [-0.25, -0.2) is 0 Å². The Hall–Kier alpha value is -1.94. The molecule has 1 aromatic heterocycles. The Bertz CT molecular complexity index is 520. The van der Waals surface area contributed by atoms with Gasteiger partial charge in [-0.3, -0.25) is 0 Å². The number of rotatable bonds is 5. The fourth-order valence-electron chi connectivity index (χ4n) is 2.18. The number of methoxy groups -OCH3 is 1. The Morgan fingerprint density at radius 2 is 2.11 bits per heavy atom. The number of anilines is 1. The standard InChI is InChI=1S/C15H19NO3/c1-11(17)15-13(7-4-8-14(15)18-3)16(2)10-12-6-5-9-19-12/h4-9,11,17H,10H2,1-3H3. The van der Waals surface area contributed by atoms with Gasteiger partial charge in [0.1, 0.15) is 11.5 Å². The second-order valence-corrected chi connectivity index (χ2v) is 4.50. The summed E-state index contributed by atoms with van der Waals surface area (Å²) in [5.74, 6) is 1.57. The lowest BCUT2D eigenvalue weighted by Gasteiger charge is -2.24. The van der Waals surface area contributed by atoms with Gasteiger partial charge in [0, 0.05) is 18.3 Å². The summed E-state index contributed by atoms with van der Waals surface area (Å²) in [5.41, 5.74) is 1.73. The first-order valence-electron chi connectivity index (χ1n) is 6.22. The summed E-state index contributed by atoms with van der Waals surface area (Å²) in [5, 5.41) is 9.96. The van der Waals surface area contributed by atoms with Crippen LogP contribution in [0.3, 0.4) is 0 Å². The predicted octanol–water partition coefficient (Wildman–Crippen LogP) is 2.98. The molecule has 0 amide bonds. The van der Waals surface area contributed by atoms with Crippen molar-refractivity contribution < 1.29 is 14.3 Å². The molecular weight excluding hydrogens is 242 g/mol. The van der Waals surface area contributed by atoms with E-state index in [0.717, 1.165) is 17.0 Å². The van der Waals surface area contributed by atoms with Crippen molar-refractivity contribution in [3.8, 4) is 5.75 Å². The maximum atomic E-state index is 9.96. The fourth-order valence-corrected chi connectivity index (χ4v) is 2.18. The SMILES string of the molecule is COc1cccc(N(C)Cc2ccco2)c1C(C)O. The van der Waals surface area contributed by atoms with Crippen molar-refractivity contribution in [1.29, 1.82) is 0 Å². The summed E-state index contributed by atoms with van der Waals surface area (Å²) >= 11 is 0. The smallest absolute Gasteiger partial charge is 0.126 e. The molecule has 0 bridgehead atoms. The van der Waals surface area contributed by atoms with Crippen LogP contribution < -0.4 is 9.64 Å². The summed E-state index contributed by atoms with van der Waals surface area (Å²) in [4.78, 5) is 2.03. The topological polar surface area (TPSA) is 45.8 Å². The van der Waals surface area contributed by atoms with Crippen LogP contribution in [0.5, 0.6) is 5.75 Å². The largest absolute Gasteiger partial charge is 0.496 e. The average Bonchev–Trinajstić information content (AvgIpc) is 2.90. The van der Waals surface area contributed by atoms with Crippen molar-refractivity contribution in [2.24, 2.45) is 0 Å². The third-order valence-electron chi connectivity index (χ3n) is 3.07. The molecule has 1 N–H and O–H groups in total. The van der Waals surface area contributed by atoms with Crippen LogP contribution in [0.4, 0.5) is 5.69 Å². The first-order valence-corrected chi connectivity index (χ1v) is 6.22. The number of hydrogen-bond donors (Lipinski definition) is 1. The van der Waals surface area contributed by atoms with Crippen molar-refractivity contribution in [1.82, 2.24) is 0 Å². The Morgan fingerprint density at radius 1 is 1.32 bits per heavy atom. The van der Waals surface area contributed by atoms with Gasteiger partial charge >= 0.3 is 0 Å². The third kappa shape index (κ3) is 2.90. The molecule has 0 fully saturated rings. The van der Waals surface area contributed by atoms with E-state index in [2.05, 4.69) is 0 Å². The van der Waals surface area contributed by atoms with Crippen LogP contribution in [0.15, 0.2) is 41.0 Å². The van der Waals surface area contributed by atoms with Crippen molar-refractivity contribution in [2.75, 3.05) is 19.1 Å². The molecule has 4 nitrogen and oxygen atoms in total. The van der Waals surface area contributed by atoms with Crippen LogP contribution in [0, 0.1) is 0 Å². The Morgan fingerprint density at radius 3 is 2.68 bits per heavy atom. The fraction of sp³-hybridized carbons (Fsp3) is 0.333. The van der Waals surface area contributed by atoms with Crippen LogP contribution in [-0.2, 0) is 6.54 Å². The molecule has 2 aromatic rings. The van der Waals surface area contributed by atoms with Gasteiger partial charge in [-0.15, -0.1) is 0 Å². The average molecular weight is 261 g/mol. The molecule has 0 saturated heterocycles. The minimum absolute atomic E-state index is 0.592. The zero-order chi connectivity index (χ0) is 13.8. The summed E-state index contributed by atoms with van der Waals surface area (Å²) in [6, 6.07) is 9.53. The Labute approximate surface area is 113 Å². The zero-order valence-electron chi connectivity index (χ0n) is 11.5. The second kappa shape index (κ2) is 5.80. The molecule has 19 heavy (non-hydrogen) atoms. The van der Waals surface area contributed by atoms with Crippen molar-refractivity contribution >= 4 is 5.69 Å². The number of hydrogen-bond acceptors (Lipinski definition) is 4. The number of nitrogens with zero attached hydrogens (tertiary/aromatic N) is 1. The summed E-state index contributed by atoms with van der Waals surface area (Å²) < 4.78 is 10.7. The monoisotopic (exact) mass is 261 g/mol. The predicted molar refractivity (Wildman–Crippen MR) is 74.4 cm³/mol. The molecule has 4 heteroatoms. The third-order valence-corrected chi connectivity index (χ3v) is 3.07. The van der Waals surface area contributed by atoms with Gasteiger partial charge in [-0.05, 0) is 31.2 Å². The lowest BCUT2D eigenvalue weighted by atomic mass is 10.1. The highest BCUT2D eigenvalue weighted by Gasteiger charge is 2.17. The first-order chi connectivity index (χ1) is 9.13. The van der Waals surface area contributed by atoms with Crippen molar-refractivity contribution in [3.05, 3.63) is 47.9 Å². The number of ether oxygens (including phenoxy) is 1. The molecule has 0 aliphatic carbocycles. The van der Waals surface area contributed by atoms with Gasteiger partial charge in [0.05, 0.1) is 26.0 Å². The van der Waals surface area contributed by atoms with Gasteiger partial charge in [-0.2, -0.15) is 0 Å². The number of aliphatic hydroxyl groups is 1. The van der Waals surface area contributed by atoms with Crippen LogP contribution in [-0.4, -0.2) is 19.3 Å². The number of aliphatic hydroxyl groups excluding tert-OH is 1. The molecule has 0 spiro atoms. The van der Waals surface area contributed by atoms with E-state index in [-0.39, 0.29) is 0 Å². The van der Waals surface area contributed by atoms with E-state index in [9.17, 15) is 5.11 Å². The molecule has 2 rings (SSSR count). The number of benzene rings is 1. The van der Waals surface area contributed by atoms with Crippen molar-refractivity contribution in [3.63, 3.8) is 0 Å². The minimum Gasteiger partial charge on any atom is -0.496 e. The van der Waals surface area contributed by atoms with E-state index in [0.29, 0.717) is 12.3 Å². The molecule has 0 aliphatic rings. The summed E-state index contributed by atoms with van der Waals surface area (Å²) in [6.07, 6.45) is 1.06. The lowest BCUT2D eigenvalue weighted by molar-refractivity contribution is 0.194. The highest BCUT2D eigenvalue weighted by Crippen LogP contribution is 2.34. The van der Waals surface area contributed by atoms with E-state index in [1.54, 1.807) is 20.3 Å². The van der Waals surface area contributed by atoms with E-state index in [1.165, 1.54) is 0 Å². The lowest BCUT2D eigenvalue weighted by Crippen LogP contribution is -2.18. The summed E-state index contributed by atoms with van der Waals surface area (Å²) in [7, 11) is 3.57. The Balaban J connectivity index is 2.32. The van der Waals surface area contributed by atoms with Gasteiger partial charge < -0.3 is 19.2 Å². The minimum atomic E-state index is -0.592. The van der Waals surface area contributed by atoms with Crippen LogP contribution in [0.2, 0.25) is 0 Å². The maximum absolute atomic E-state index is 9.96. The summed E-state index contributed by atoms with van der Waals surface area (Å²) in [6.45, 7) is 2.38. The highest BCUT2D eigenvalue weighted by atomic mass is 16.5. The zero-order valence-corrected chi connectivity index (χ0v) is 11.5. The van der Waals surface area contributed by atoms with E-state index in [4.69, 9.17) is 9.15 Å². The second-order valence-electron chi connectivity index (χ2n) is 4.50. The normalized spacial score (nSPS) is 12.2. The molecule has 0 aliphatic heterocycles. The molecule has 102 valence electrons. The molecule has 1 atom stereocenters. The van der Waals surface area contributed by atoms with E-state index in [1.807, 2.05) is 42.3 Å². The maximum Gasteiger partial charge on any atom is 0.126 e.